The van der Waals surface area contributed by atoms with Gasteiger partial charge in [0.15, 0.2) is 0 Å². The molecule has 1 heterocycles. The quantitative estimate of drug-likeness (QED) is 0.706. The highest BCUT2D eigenvalue weighted by Crippen LogP contribution is 2.30. The molecule has 0 aromatic carbocycles. The molecule has 5 heteroatoms. The molecule has 1 aromatic heterocycles. The fourth-order valence-electron chi connectivity index (χ4n) is 1.11. The molecule has 0 unspecified atom stereocenters. The van der Waals surface area contributed by atoms with Gasteiger partial charge in [-0.25, -0.2) is 14.5 Å². The zero-order valence-corrected chi connectivity index (χ0v) is 6.47. The van der Waals surface area contributed by atoms with Crippen LogP contribution in [0.2, 0.25) is 0 Å². The Kier molecular flexibility index (Phi) is 1.56. The second-order valence-electron chi connectivity index (χ2n) is 3.01. The van der Waals surface area contributed by atoms with Gasteiger partial charge in [-0.05, 0) is 18.8 Å². The molecule has 5 nitrogen and oxygen atoms in total. The highest BCUT2D eigenvalue weighted by atomic mass is 16.4. The molecule has 1 fully saturated rings. The third kappa shape index (κ3) is 1.30. The lowest BCUT2D eigenvalue weighted by Crippen LogP contribution is -2.12. The zero-order valence-electron chi connectivity index (χ0n) is 6.47. The van der Waals surface area contributed by atoms with E-state index in [1.54, 1.807) is 0 Å². The van der Waals surface area contributed by atoms with Crippen LogP contribution in [-0.4, -0.2) is 25.8 Å². The van der Waals surface area contributed by atoms with Crippen LogP contribution >= 0.6 is 0 Å². The molecule has 0 amide bonds. The van der Waals surface area contributed by atoms with Crippen LogP contribution in [0.1, 0.15) is 23.5 Å². The van der Waals surface area contributed by atoms with Gasteiger partial charge in [0, 0.05) is 6.54 Å². The first-order valence-corrected chi connectivity index (χ1v) is 3.88. The number of nitrogens with zero attached hydrogens (tertiary/aromatic N) is 3. The molecule has 1 aliphatic carbocycles. The molecule has 0 atom stereocenters. The van der Waals surface area contributed by atoms with Crippen LogP contribution in [0.5, 0.6) is 0 Å². The van der Waals surface area contributed by atoms with Crippen LogP contribution in [0.4, 0.5) is 0 Å². The third-order valence-electron chi connectivity index (χ3n) is 1.93. The minimum atomic E-state index is -1.01. The monoisotopic (exact) mass is 167 g/mol. The molecule has 0 saturated heterocycles. The Balaban J connectivity index is 2.17. The van der Waals surface area contributed by atoms with Gasteiger partial charge in [0.2, 0.25) is 5.82 Å². The summed E-state index contributed by atoms with van der Waals surface area (Å²) in [6, 6.07) is 0. The first-order valence-electron chi connectivity index (χ1n) is 3.88. The summed E-state index contributed by atoms with van der Waals surface area (Å²) in [5.74, 6) is -0.347. The van der Waals surface area contributed by atoms with Crippen LogP contribution < -0.4 is 0 Å². The van der Waals surface area contributed by atoms with Gasteiger partial charge < -0.3 is 5.11 Å². The molecule has 1 N–H and O–H groups in total. The highest BCUT2D eigenvalue weighted by molar-refractivity contribution is 5.83. The fourth-order valence-corrected chi connectivity index (χ4v) is 1.11. The Morgan fingerprint density at radius 3 is 3.08 bits per heavy atom. The molecule has 1 aromatic rings. The summed E-state index contributed by atoms with van der Waals surface area (Å²) in [6.45, 7) is 0.696. The lowest BCUT2D eigenvalue weighted by molar-refractivity contribution is 0.0676. The van der Waals surface area contributed by atoms with E-state index in [-0.39, 0.29) is 5.82 Å². The Morgan fingerprint density at radius 1 is 1.75 bits per heavy atom. The van der Waals surface area contributed by atoms with E-state index in [4.69, 9.17) is 5.11 Å². The fraction of sp³-hybridized carbons (Fsp3) is 0.571. The highest BCUT2D eigenvalue weighted by Gasteiger charge is 2.24. The second kappa shape index (κ2) is 2.58. The standard InChI is InChI=1S/C7H9N3O2/c11-7(12)6-8-4-9-10(6)3-5-1-2-5/h4-5H,1-3H2,(H,11,12). The number of rotatable bonds is 3. The van der Waals surface area contributed by atoms with E-state index in [1.165, 1.54) is 23.9 Å². The Bertz CT molecular complexity index is 303. The maximum atomic E-state index is 10.6. The average Bonchev–Trinajstić information content (AvgIpc) is 2.66. The first-order chi connectivity index (χ1) is 5.77. The van der Waals surface area contributed by atoms with Gasteiger partial charge in [-0.2, -0.15) is 5.10 Å². The van der Waals surface area contributed by atoms with Gasteiger partial charge in [-0.1, -0.05) is 0 Å². The maximum absolute atomic E-state index is 10.6. The number of aromatic carboxylic acids is 1. The molecule has 1 aliphatic rings. The zero-order chi connectivity index (χ0) is 8.55. The largest absolute Gasteiger partial charge is 0.475 e. The van der Waals surface area contributed by atoms with Gasteiger partial charge in [-0.3, -0.25) is 0 Å². The minimum absolute atomic E-state index is 0.0434. The molecule has 0 bridgehead atoms. The van der Waals surface area contributed by atoms with E-state index >= 15 is 0 Å². The van der Waals surface area contributed by atoms with E-state index < -0.39 is 5.97 Å². The van der Waals surface area contributed by atoms with Gasteiger partial charge >= 0.3 is 5.97 Å². The van der Waals surface area contributed by atoms with Gasteiger partial charge in [-0.15, -0.1) is 0 Å². The van der Waals surface area contributed by atoms with Crippen LogP contribution in [0.15, 0.2) is 6.33 Å². The van der Waals surface area contributed by atoms with E-state index in [0.717, 1.165) is 0 Å². The summed E-state index contributed by atoms with van der Waals surface area (Å²) in [5.41, 5.74) is 0. The Hall–Kier alpha value is -1.39. The molecule has 64 valence electrons. The molecular weight excluding hydrogens is 158 g/mol. The van der Waals surface area contributed by atoms with Crippen molar-refractivity contribution in [1.82, 2.24) is 14.8 Å². The molecular formula is C7H9N3O2. The number of carboxylic acid groups (broad SMARTS) is 1. The van der Waals surface area contributed by atoms with E-state index in [9.17, 15) is 4.79 Å². The van der Waals surface area contributed by atoms with Crippen molar-refractivity contribution in [2.75, 3.05) is 0 Å². The van der Waals surface area contributed by atoms with Crippen molar-refractivity contribution in [2.24, 2.45) is 5.92 Å². The number of carbonyl (C=O) groups is 1. The lowest BCUT2D eigenvalue weighted by atomic mass is 10.4. The number of hydrogen-bond acceptors (Lipinski definition) is 3. The van der Waals surface area contributed by atoms with Crippen molar-refractivity contribution in [3.05, 3.63) is 12.2 Å². The molecule has 0 radical (unpaired) electrons. The number of hydrogen-bond donors (Lipinski definition) is 1. The predicted molar refractivity (Wildman–Crippen MR) is 39.7 cm³/mol. The Morgan fingerprint density at radius 2 is 2.50 bits per heavy atom. The molecule has 2 rings (SSSR count). The Labute approximate surface area is 69.0 Å². The van der Waals surface area contributed by atoms with Crippen LogP contribution in [-0.2, 0) is 6.54 Å². The summed E-state index contributed by atoms with van der Waals surface area (Å²) in [5, 5.41) is 12.5. The van der Waals surface area contributed by atoms with Crippen LogP contribution in [0, 0.1) is 5.92 Å². The molecule has 1 saturated carbocycles. The van der Waals surface area contributed by atoms with E-state index in [2.05, 4.69) is 10.1 Å². The summed E-state index contributed by atoms with van der Waals surface area (Å²) < 4.78 is 1.46. The molecule has 0 aliphatic heterocycles. The van der Waals surface area contributed by atoms with Crippen molar-refractivity contribution in [3.8, 4) is 0 Å². The number of carboxylic acids is 1. The second-order valence-corrected chi connectivity index (χ2v) is 3.01. The third-order valence-corrected chi connectivity index (χ3v) is 1.93. The van der Waals surface area contributed by atoms with E-state index in [0.29, 0.717) is 12.5 Å². The average molecular weight is 167 g/mol. The van der Waals surface area contributed by atoms with E-state index in [1.807, 2.05) is 0 Å². The summed E-state index contributed by atoms with van der Waals surface area (Å²) in [4.78, 5) is 14.2. The lowest BCUT2D eigenvalue weighted by Gasteiger charge is -1.99. The van der Waals surface area contributed by atoms with Crippen molar-refractivity contribution in [3.63, 3.8) is 0 Å². The number of aromatic nitrogens is 3. The minimum Gasteiger partial charge on any atom is -0.475 e. The van der Waals surface area contributed by atoms with Gasteiger partial charge in [0.25, 0.3) is 0 Å². The smallest absolute Gasteiger partial charge is 0.373 e. The van der Waals surface area contributed by atoms with Crippen molar-refractivity contribution in [2.45, 2.75) is 19.4 Å². The molecule has 12 heavy (non-hydrogen) atoms. The summed E-state index contributed by atoms with van der Waals surface area (Å²) >= 11 is 0. The van der Waals surface area contributed by atoms with Crippen LogP contribution in [0.25, 0.3) is 0 Å². The SMILES string of the molecule is O=C(O)c1ncnn1CC1CC1. The van der Waals surface area contributed by atoms with Crippen molar-refractivity contribution >= 4 is 5.97 Å². The normalized spacial score (nSPS) is 16.3. The first kappa shape index (κ1) is 7.27. The summed E-state index contributed by atoms with van der Waals surface area (Å²) in [6.07, 6.45) is 3.64. The summed E-state index contributed by atoms with van der Waals surface area (Å²) in [7, 11) is 0. The molecule has 0 spiro atoms. The van der Waals surface area contributed by atoms with Crippen molar-refractivity contribution in [1.29, 1.82) is 0 Å². The van der Waals surface area contributed by atoms with Gasteiger partial charge in [0.1, 0.15) is 6.33 Å². The van der Waals surface area contributed by atoms with Crippen molar-refractivity contribution < 1.29 is 9.90 Å². The topological polar surface area (TPSA) is 68.0 Å². The maximum Gasteiger partial charge on any atom is 0.373 e. The predicted octanol–water partition coefficient (Wildman–Crippen LogP) is 0.386. The van der Waals surface area contributed by atoms with Gasteiger partial charge in [0.05, 0.1) is 0 Å². The van der Waals surface area contributed by atoms with Crippen LogP contribution in [0.3, 0.4) is 0 Å².